The van der Waals surface area contributed by atoms with Gasteiger partial charge in [0.2, 0.25) is 15.9 Å². The second kappa shape index (κ2) is 7.43. The Morgan fingerprint density at radius 2 is 1.96 bits per heavy atom. The van der Waals surface area contributed by atoms with Crippen molar-refractivity contribution in [2.45, 2.75) is 37.6 Å². The molecule has 1 fully saturated rings. The van der Waals surface area contributed by atoms with Crippen LogP contribution < -0.4 is 4.72 Å². The van der Waals surface area contributed by atoms with Crippen molar-refractivity contribution in [2.75, 3.05) is 32.7 Å². The van der Waals surface area contributed by atoms with Gasteiger partial charge in [-0.2, -0.15) is 4.72 Å². The number of hydrogen-bond donors (Lipinski definition) is 1. The zero-order valence-electron chi connectivity index (χ0n) is 14.9. The Labute approximate surface area is 150 Å². The Bertz CT molecular complexity index is 733. The molecule has 25 heavy (non-hydrogen) atoms. The van der Waals surface area contributed by atoms with Crippen LogP contribution in [0.1, 0.15) is 25.8 Å². The first-order chi connectivity index (χ1) is 11.9. The Morgan fingerprint density at radius 1 is 1.20 bits per heavy atom. The molecule has 0 aliphatic carbocycles. The van der Waals surface area contributed by atoms with E-state index in [1.807, 2.05) is 11.0 Å². The van der Waals surface area contributed by atoms with Gasteiger partial charge in [0.1, 0.15) is 6.04 Å². The van der Waals surface area contributed by atoms with Gasteiger partial charge in [0.25, 0.3) is 0 Å². The molecule has 138 valence electrons. The minimum atomic E-state index is -3.62. The van der Waals surface area contributed by atoms with Crippen molar-refractivity contribution >= 4 is 15.9 Å². The van der Waals surface area contributed by atoms with Crippen LogP contribution in [0.3, 0.4) is 0 Å². The molecule has 1 saturated heterocycles. The summed E-state index contributed by atoms with van der Waals surface area (Å²) in [6.45, 7) is 8.61. The average molecular weight is 365 g/mol. The van der Waals surface area contributed by atoms with E-state index in [0.717, 1.165) is 31.6 Å². The van der Waals surface area contributed by atoms with Gasteiger partial charge in [-0.3, -0.25) is 4.79 Å². The number of hydrogen-bond acceptors (Lipinski definition) is 4. The van der Waals surface area contributed by atoms with Gasteiger partial charge in [-0.15, -0.1) is 0 Å². The van der Waals surface area contributed by atoms with Gasteiger partial charge in [0.15, 0.2) is 0 Å². The molecular weight excluding hydrogens is 338 g/mol. The van der Waals surface area contributed by atoms with E-state index >= 15 is 0 Å². The van der Waals surface area contributed by atoms with Crippen LogP contribution in [0.5, 0.6) is 0 Å². The monoisotopic (exact) mass is 365 g/mol. The minimum Gasteiger partial charge on any atom is -0.340 e. The predicted octanol–water partition coefficient (Wildman–Crippen LogP) is 1.08. The van der Waals surface area contributed by atoms with Gasteiger partial charge in [0.05, 0.1) is 4.90 Å². The van der Waals surface area contributed by atoms with Crippen LogP contribution >= 0.6 is 0 Å². The molecule has 1 aromatic rings. The predicted molar refractivity (Wildman–Crippen MR) is 96.7 cm³/mol. The van der Waals surface area contributed by atoms with Crippen LogP contribution in [-0.2, 0) is 21.2 Å². The molecule has 0 unspecified atom stereocenters. The summed E-state index contributed by atoms with van der Waals surface area (Å²) in [5.41, 5.74) is 0.718. The van der Waals surface area contributed by atoms with E-state index in [0.29, 0.717) is 25.4 Å². The van der Waals surface area contributed by atoms with Crippen LogP contribution in [-0.4, -0.2) is 62.9 Å². The number of nitrogens with zero attached hydrogens (tertiary/aromatic N) is 2. The van der Waals surface area contributed by atoms with Gasteiger partial charge < -0.3 is 9.80 Å². The molecule has 7 heteroatoms. The summed E-state index contributed by atoms with van der Waals surface area (Å²) in [4.78, 5) is 17.4. The van der Waals surface area contributed by atoms with Crippen molar-refractivity contribution in [1.82, 2.24) is 14.5 Å². The van der Waals surface area contributed by atoms with E-state index in [2.05, 4.69) is 23.5 Å². The second-order valence-corrected chi connectivity index (χ2v) is 9.04. The van der Waals surface area contributed by atoms with Crippen molar-refractivity contribution < 1.29 is 13.2 Å². The van der Waals surface area contributed by atoms with Crippen molar-refractivity contribution in [1.29, 1.82) is 0 Å². The van der Waals surface area contributed by atoms with E-state index in [1.54, 1.807) is 18.2 Å². The fourth-order valence-electron chi connectivity index (χ4n) is 3.70. The second-order valence-electron chi connectivity index (χ2n) is 7.36. The van der Waals surface area contributed by atoms with Crippen molar-refractivity contribution in [3.63, 3.8) is 0 Å². The molecule has 0 aromatic heterocycles. The van der Waals surface area contributed by atoms with Gasteiger partial charge in [-0.1, -0.05) is 32.0 Å². The molecule has 2 aliphatic rings. The van der Waals surface area contributed by atoms with E-state index in [1.165, 1.54) is 0 Å². The molecule has 0 bridgehead atoms. The van der Waals surface area contributed by atoms with Crippen LogP contribution in [0.4, 0.5) is 0 Å². The number of nitrogens with one attached hydrogen (secondary N) is 1. The number of amides is 1. The quantitative estimate of drug-likeness (QED) is 0.870. The van der Waals surface area contributed by atoms with Crippen LogP contribution in [0.25, 0.3) is 0 Å². The molecule has 3 rings (SSSR count). The maximum absolute atomic E-state index is 12.9. The summed E-state index contributed by atoms with van der Waals surface area (Å²) < 4.78 is 27.4. The van der Waals surface area contributed by atoms with Crippen LogP contribution in [0.15, 0.2) is 29.2 Å². The van der Waals surface area contributed by atoms with Gasteiger partial charge in [-0.05, 0) is 36.9 Å². The first-order valence-corrected chi connectivity index (χ1v) is 10.5. The number of rotatable bonds is 3. The highest BCUT2D eigenvalue weighted by atomic mass is 32.2. The molecule has 6 nitrogen and oxygen atoms in total. The number of carbonyl (C=O) groups is 1. The lowest BCUT2D eigenvalue weighted by molar-refractivity contribution is -0.132. The SMILES string of the molecule is CC(C)CN1CCCN(C(=O)[C@@H]2Cc3ccccc3S(=O)(=O)N2)CC1. The fraction of sp³-hybridized carbons (Fsp3) is 0.611. The summed E-state index contributed by atoms with van der Waals surface area (Å²) in [7, 11) is -3.62. The maximum Gasteiger partial charge on any atom is 0.241 e. The third-order valence-corrected chi connectivity index (χ3v) is 6.38. The lowest BCUT2D eigenvalue weighted by Crippen LogP contribution is -2.52. The van der Waals surface area contributed by atoms with E-state index < -0.39 is 16.1 Å². The Kier molecular flexibility index (Phi) is 5.46. The van der Waals surface area contributed by atoms with Gasteiger partial charge in [0, 0.05) is 26.2 Å². The first-order valence-electron chi connectivity index (χ1n) is 8.98. The molecule has 0 spiro atoms. The highest BCUT2D eigenvalue weighted by molar-refractivity contribution is 7.89. The third-order valence-electron chi connectivity index (χ3n) is 4.81. The van der Waals surface area contributed by atoms with E-state index in [-0.39, 0.29) is 10.8 Å². The highest BCUT2D eigenvalue weighted by Crippen LogP contribution is 2.23. The highest BCUT2D eigenvalue weighted by Gasteiger charge is 2.35. The maximum atomic E-state index is 12.9. The normalized spacial score (nSPS) is 24.0. The minimum absolute atomic E-state index is 0.107. The Balaban J connectivity index is 1.70. The summed E-state index contributed by atoms with van der Waals surface area (Å²) in [5, 5.41) is 0. The number of sulfonamides is 1. The average Bonchev–Trinajstić information content (AvgIpc) is 2.78. The largest absolute Gasteiger partial charge is 0.340 e. The lowest BCUT2D eigenvalue weighted by Gasteiger charge is -2.30. The number of carbonyl (C=O) groups excluding carboxylic acids is 1. The molecule has 1 amide bonds. The number of benzene rings is 1. The van der Waals surface area contributed by atoms with Crippen molar-refractivity contribution in [2.24, 2.45) is 5.92 Å². The van der Waals surface area contributed by atoms with E-state index in [9.17, 15) is 13.2 Å². The van der Waals surface area contributed by atoms with E-state index in [4.69, 9.17) is 0 Å². The summed E-state index contributed by atoms with van der Waals surface area (Å²) >= 11 is 0. The van der Waals surface area contributed by atoms with Crippen LogP contribution in [0, 0.1) is 5.92 Å². The molecule has 2 aliphatic heterocycles. The molecule has 0 radical (unpaired) electrons. The van der Waals surface area contributed by atoms with Gasteiger partial charge in [-0.25, -0.2) is 8.42 Å². The number of fused-ring (bicyclic) bond motifs is 1. The first kappa shape index (κ1) is 18.4. The lowest BCUT2D eigenvalue weighted by atomic mass is 10.0. The van der Waals surface area contributed by atoms with Crippen molar-refractivity contribution in [3.8, 4) is 0 Å². The zero-order chi connectivity index (χ0) is 18.0. The van der Waals surface area contributed by atoms with Gasteiger partial charge >= 0.3 is 0 Å². The van der Waals surface area contributed by atoms with Crippen molar-refractivity contribution in [3.05, 3.63) is 29.8 Å². The Morgan fingerprint density at radius 3 is 2.72 bits per heavy atom. The molecule has 1 atom stereocenters. The third kappa shape index (κ3) is 4.22. The summed E-state index contributed by atoms with van der Waals surface area (Å²) in [6.07, 6.45) is 1.34. The summed E-state index contributed by atoms with van der Waals surface area (Å²) in [5.74, 6) is 0.494. The smallest absolute Gasteiger partial charge is 0.241 e. The zero-order valence-corrected chi connectivity index (χ0v) is 15.8. The summed E-state index contributed by atoms with van der Waals surface area (Å²) in [6, 6.07) is 6.21. The Hall–Kier alpha value is -1.44. The molecule has 1 N–H and O–H groups in total. The van der Waals surface area contributed by atoms with Crippen LogP contribution in [0.2, 0.25) is 0 Å². The molecule has 1 aromatic carbocycles. The fourth-order valence-corrected chi connectivity index (χ4v) is 5.14. The molecule has 2 heterocycles. The topological polar surface area (TPSA) is 69.7 Å². The molecule has 0 saturated carbocycles. The molecular formula is C18H27N3O3S. The standard InChI is InChI=1S/C18H27N3O3S/c1-14(2)13-20-8-5-9-21(11-10-20)18(22)16-12-15-6-3-4-7-17(15)25(23,24)19-16/h3-4,6-7,14,16,19H,5,8-13H2,1-2H3/t16-/m0/s1.